The van der Waals surface area contributed by atoms with Crippen LogP contribution in [-0.2, 0) is 0 Å². The van der Waals surface area contributed by atoms with Gasteiger partial charge in [0.2, 0.25) is 0 Å². The SMILES string of the molecule is CS(C)(C)c1ccc2ncsc2c1. The van der Waals surface area contributed by atoms with Crippen LogP contribution in [0.25, 0.3) is 10.2 Å². The molecule has 1 aromatic carbocycles. The molecular weight excluding hydrogens is 198 g/mol. The molecule has 3 heteroatoms. The molecule has 0 unspecified atom stereocenters. The van der Waals surface area contributed by atoms with E-state index < -0.39 is 10.0 Å². The lowest BCUT2D eigenvalue weighted by atomic mass is 10.3. The molecule has 0 atom stereocenters. The van der Waals surface area contributed by atoms with E-state index in [1.54, 1.807) is 11.3 Å². The lowest BCUT2D eigenvalue weighted by molar-refractivity contribution is 1.44. The number of fused-ring (bicyclic) bond motifs is 1. The molecule has 0 spiro atoms. The lowest BCUT2D eigenvalue weighted by Gasteiger charge is -2.25. The summed E-state index contributed by atoms with van der Waals surface area (Å²) in [5, 5.41) is 0. The standard InChI is InChI=1S/C10H13NS2/c1-13(2,3)8-4-5-9-10(6-8)12-7-11-9/h4-7H,1-3H3. The van der Waals surface area contributed by atoms with Crippen molar-refractivity contribution in [1.29, 1.82) is 0 Å². The van der Waals surface area contributed by atoms with Crippen molar-refractivity contribution in [3.8, 4) is 0 Å². The van der Waals surface area contributed by atoms with Gasteiger partial charge in [-0.2, -0.15) is 0 Å². The maximum absolute atomic E-state index is 4.27. The number of hydrogen-bond donors (Lipinski definition) is 0. The Balaban J connectivity index is 2.61. The van der Waals surface area contributed by atoms with Gasteiger partial charge in [-0.1, -0.05) is 0 Å². The van der Waals surface area contributed by atoms with Gasteiger partial charge in [-0.3, -0.25) is 0 Å². The summed E-state index contributed by atoms with van der Waals surface area (Å²) in [6.45, 7) is 0. The van der Waals surface area contributed by atoms with Gasteiger partial charge < -0.3 is 0 Å². The number of thiazole rings is 1. The molecule has 70 valence electrons. The second kappa shape index (κ2) is 3.00. The van der Waals surface area contributed by atoms with E-state index in [0.29, 0.717) is 0 Å². The van der Waals surface area contributed by atoms with Gasteiger partial charge in [0.15, 0.2) is 0 Å². The normalized spacial score (nSPS) is 13.5. The first-order valence-electron chi connectivity index (χ1n) is 4.09. The third-order valence-corrected chi connectivity index (χ3v) is 4.47. The third-order valence-electron chi connectivity index (χ3n) is 2.01. The summed E-state index contributed by atoms with van der Waals surface area (Å²) in [6.07, 6.45) is 6.94. The molecule has 0 amide bonds. The first-order valence-corrected chi connectivity index (χ1v) is 7.83. The van der Waals surface area contributed by atoms with Gasteiger partial charge in [0, 0.05) is 0 Å². The second-order valence-corrected chi connectivity index (χ2v) is 8.85. The van der Waals surface area contributed by atoms with Gasteiger partial charge in [-0.15, -0.1) is 11.3 Å². The molecule has 0 aliphatic heterocycles. The number of rotatable bonds is 1. The molecule has 0 saturated carbocycles. The molecule has 1 aromatic heterocycles. The molecule has 2 rings (SSSR count). The van der Waals surface area contributed by atoms with Crippen LogP contribution >= 0.6 is 21.4 Å². The van der Waals surface area contributed by atoms with Crippen molar-refractivity contribution in [1.82, 2.24) is 4.98 Å². The molecular formula is C10H13NS2. The molecule has 0 N–H and O–H groups in total. The van der Waals surface area contributed by atoms with Crippen LogP contribution in [0.15, 0.2) is 28.6 Å². The zero-order valence-electron chi connectivity index (χ0n) is 8.07. The van der Waals surface area contributed by atoms with Crippen molar-refractivity contribution in [2.24, 2.45) is 0 Å². The quantitative estimate of drug-likeness (QED) is 0.705. The van der Waals surface area contributed by atoms with Gasteiger partial charge in [0.1, 0.15) is 0 Å². The van der Waals surface area contributed by atoms with Crippen molar-refractivity contribution < 1.29 is 0 Å². The Kier molecular flexibility index (Phi) is 2.08. The highest BCUT2D eigenvalue weighted by molar-refractivity contribution is 8.32. The van der Waals surface area contributed by atoms with E-state index in [9.17, 15) is 0 Å². The summed E-state index contributed by atoms with van der Waals surface area (Å²) in [4.78, 5) is 5.73. The fraction of sp³-hybridized carbons (Fsp3) is 0.300. The molecule has 1 heterocycles. The summed E-state index contributed by atoms with van der Waals surface area (Å²) in [5.41, 5.74) is 3.03. The monoisotopic (exact) mass is 211 g/mol. The smallest absolute Gasteiger partial charge is 0.0812 e. The van der Waals surface area contributed by atoms with Crippen molar-refractivity contribution in [3.05, 3.63) is 23.7 Å². The van der Waals surface area contributed by atoms with Crippen molar-refractivity contribution in [2.75, 3.05) is 18.8 Å². The minimum Gasteiger partial charge on any atom is -0.245 e. The molecule has 0 bridgehead atoms. The summed E-state index contributed by atoms with van der Waals surface area (Å²) >= 11 is 1.72. The highest BCUT2D eigenvalue weighted by Crippen LogP contribution is 2.46. The van der Waals surface area contributed by atoms with Crippen LogP contribution in [0.3, 0.4) is 0 Å². The number of aromatic nitrogens is 1. The Bertz CT molecular complexity index is 426. The van der Waals surface area contributed by atoms with Crippen LogP contribution in [0.4, 0.5) is 0 Å². The predicted octanol–water partition coefficient (Wildman–Crippen LogP) is 3.35. The Hall–Kier alpha value is -0.540. The first-order chi connectivity index (χ1) is 6.07. The summed E-state index contributed by atoms with van der Waals surface area (Å²) < 4.78 is 1.31. The van der Waals surface area contributed by atoms with E-state index in [4.69, 9.17) is 0 Å². The average Bonchev–Trinajstić information content (AvgIpc) is 2.47. The topological polar surface area (TPSA) is 12.9 Å². The van der Waals surface area contributed by atoms with E-state index in [0.717, 1.165) is 5.52 Å². The third kappa shape index (κ3) is 1.71. The number of nitrogens with zero attached hydrogens (tertiary/aromatic N) is 1. The lowest BCUT2D eigenvalue weighted by Crippen LogP contribution is -1.91. The zero-order valence-corrected chi connectivity index (χ0v) is 9.71. The Morgan fingerprint density at radius 2 is 2.00 bits per heavy atom. The highest BCUT2D eigenvalue weighted by Gasteiger charge is 2.08. The van der Waals surface area contributed by atoms with E-state index in [1.165, 1.54) is 9.60 Å². The minimum absolute atomic E-state index is 0.593. The van der Waals surface area contributed by atoms with Gasteiger partial charge in [0.25, 0.3) is 0 Å². The average molecular weight is 211 g/mol. The van der Waals surface area contributed by atoms with Crippen molar-refractivity contribution >= 4 is 31.6 Å². The molecule has 2 aromatic rings. The van der Waals surface area contributed by atoms with Crippen LogP contribution in [0.5, 0.6) is 0 Å². The molecule has 0 saturated heterocycles. The molecule has 0 fully saturated rings. The second-order valence-electron chi connectivity index (χ2n) is 3.82. The van der Waals surface area contributed by atoms with Gasteiger partial charge in [-0.05, 0) is 41.9 Å². The number of hydrogen-bond acceptors (Lipinski definition) is 2. The van der Waals surface area contributed by atoms with Gasteiger partial charge in [-0.25, -0.2) is 15.0 Å². The predicted molar refractivity (Wildman–Crippen MR) is 63.2 cm³/mol. The van der Waals surface area contributed by atoms with Gasteiger partial charge >= 0.3 is 0 Å². The Morgan fingerprint density at radius 3 is 2.69 bits per heavy atom. The van der Waals surface area contributed by atoms with Crippen LogP contribution in [-0.4, -0.2) is 23.8 Å². The molecule has 0 radical (unpaired) electrons. The number of benzene rings is 1. The minimum atomic E-state index is -0.593. The molecule has 1 nitrogen and oxygen atoms in total. The molecule has 0 aliphatic rings. The van der Waals surface area contributed by atoms with E-state index in [2.05, 4.69) is 42.0 Å². The fourth-order valence-corrected chi connectivity index (χ4v) is 2.95. The molecule has 0 aliphatic carbocycles. The van der Waals surface area contributed by atoms with E-state index in [1.807, 2.05) is 5.51 Å². The summed E-state index contributed by atoms with van der Waals surface area (Å²) in [7, 11) is -0.593. The van der Waals surface area contributed by atoms with Crippen molar-refractivity contribution in [2.45, 2.75) is 4.90 Å². The highest BCUT2D eigenvalue weighted by atomic mass is 32.3. The Morgan fingerprint density at radius 1 is 1.23 bits per heavy atom. The van der Waals surface area contributed by atoms with Crippen LogP contribution in [0, 0.1) is 0 Å². The maximum atomic E-state index is 4.27. The van der Waals surface area contributed by atoms with Crippen molar-refractivity contribution in [3.63, 3.8) is 0 Å². The van der Waals surface area contributed by atoms with E-state index in [-0.39, 0.29) is 0 Å². The summed E-state index contributed by atoms with van der Waals surface area (Å²) in [5.74, 6) is 0. The molecule has 13 heavy (non-hydrogen) atoms. The zero-order chi connectivity index (χ0) is 9.47. The van der Waals surface area contributed by atoms with Crippen LogP contribution in [0.1, 0.15) is 0 Å². The van der Waals surface area contributed by atoms with Gasteiger partial charge in [0.05, 0.1) is 15.7 Å². The largest absolute Gasteiger partial charge is 0.245 e. The summed E-state index contributed by atoms with van der Waals surface area (Å²) in [6, 6.07) is 6.61. The Labute approximate surface area is 84.1 Å². The maximum Gasteiger partial charge on any atom is 0.0812 e. The van der Waals surface area contributed by atoms with Crippen LogP contribution < -0.4 is 0 Å². The first kappa shape index (κ1) is 9.03. The van der Waals surface area contributed by atoms with Crippen LogP contribution in [0.2, 0.25) is 0 Å². The fourth-order valence-electron chi connectivity index (χ4n) is 1.22. The van der Waals surface area contributed by atoms with E-state index >= 15 is 0 Å².